The molecule has 0 atom stereocenters. The van der Waals surface area contributed by atoms with E-state index in [1.54, 1.807) is 61.5 Å². The molecule has 0 bridgehead atoms. The molecule has 3 rings (SSSR count). The van der Waals surface area contributed by atoms with Crippen LogP contribution >= 0.6 is 0 Å². The van der Waals surface area contributed by atoms with Crippen LogP contribution in [0.15, 0.2) is 60.7 Å². The van der Waals surface area contributed by atoms with E-state index in [-0.39, 0.29) is 11.6 Å². The summed E-state index contributed by atoms with van der Waals surface area (Å²) in [6.07, 6.45) is -5.56. The monoisotopic (exact) mass is 361 g/mol. The van der Waals surface area contributed by atoms with Crippen molar-refractivity contribution in [2.24, 2.45) is 0 Å². The third-order valence-corrected chi connectivity index (χ3v) is 3.43. The topological polar surface area (TPSA) is 56.2 Å². The van der Waals surface area contributed by atoms with E-state index in [0.717, 1.165) is 16.3 Å². The van der Waals surface area contributed by atoms with Crippen LogP contribution in [-0.2, 0) is 6.18 Å². The summed E-state index contributed by atoms with van der Waals surface area (Å²) in [4.78, 5) is 12.0. The fraction of sp³-hybridized carbons (Fsp3) is 0.111. The van der Waals surface area contributed by atoms with Gasteiger partial charge < -0.3 is 4.74 Å². The number of carbonyl (C=O) groups is 1. The van der Waals surface area contributed by atoms with Gasteiger partial charge >= 0.3 is 12.3 Å². The smallest absolute Gasteiger partial charge is 0.410 e. The van der Waals surface area contributed by atoms with Crippen LogP contribution in [0.3, 0.4) is 0 Å². The van der Waals surface area contributed by atoms with E-state index in [0.29, 0.717) is 5.69 Å². The van der Waals surface area contributed by atoms with E-state index in [4.69, 9.17) is 4.74 Å². The summed E-state index contributed by atoms with van der Waals surface area (Å²) in [6, 6.07) is 15.7. The predicted octanol–water partition coefficient (Wildman–Crippen LogP) is 4.81. The lowest BCUT2D eigenvalue weighted by atomic mass is 10.2. The molecular formula is C18H14F3N3O2. The van der Waals surface area contributed by atoms with Gasteiger partial charge in [-0.3, -0.25) is 5.32 Å². The number of anilines is 1. The first kappa shape index (κ1) is 17.5. The highest BCUT2D eigenvalue weighted by Gasteiger charge is 2.35. The van der Waals surface area contributed by atoms with E-state index >= 15 is 0 Å². The Balaban J connectivity index is 1.92. The number of hydrogen-bond donors (Lipinski definition) is 1. The Bertz CT molecular complexity index is 921. The van der Waals surface area contributed by atoms with Gasteiger partial charge in [-0.2, -0.15) is 18.3 Å². The van der Waals surface area contributed by atoms with Crippen molar-refractivity contribution in [3.8, 4) is 11.4 Å². The van der Waals surface area contributed by atoms with Crippen LogP contribution in [0, 0.1) is 6.92 Å². The number of halogens is 3. The average Bonchev–Trinajstić information content (AvgIpc) is 2.99. The molecule has 1 N–H and O–H groups in total. The van der Waals surface area contributed by atoms with Gasteiger partial charge in [-0.15, -0.1) is 0 Å². The second-order valence-corrected chi connectivity index (χ2v) is 5.49. The van der Waals surface area contributed by atoms with Crippen molar-refractivity contribution in [1.29, 1.82) is 0 Å². The van der Waals surface area contributed by atoms with E-state index in [1.165, 1.54) is 0 Å². The van der Waals surface area contributed by atoms with Crippen molar-refractivity contribution >= 4 is 11.9 Å². The zero-order valence-corrected chi connectivity index (χ0v) is 13.6. The summed E-state index contributed by atoms with van der Waals surface area (Å²) in [7, 11) is 0. The standard InChI is InChI=1S/C18H14F3N3O2/c1-12-6-5-7-13(10-12)24-16(11-15(23-24)18(19,20)21)22-17(25)26-14-8-3-2-4-9-14/h2-11H,1H3,(H,22,25). The van der Waals surface area contributed by atoms with Crippen molar-refractivity contribution < 1.29 is 22.7 Å². The third-order valence-electron chi connectivity index (χ3n) is 3.43. The van der Waals surface area contributed by atoms with Crippen LogP contribution < -0.4 is 10.1 Å². The Kier molecular flexibility index (Phi) is 4.66. The van der Waals surface area contributed by atoms with Gasteiger partial charge in [0.05, 0.1) is 5.69 Å². The van der Waals surface area contributed by atoms with E-state index in [1.807, 2.05) is 0 Å². The molecule has 2 aromatic carbocycles. The van der Waals surface area contributed by atoms with Gasteiger partial charge in [-0.1, -0.05) is 30.3 Å². The molecule has 0 spiro atoms. The molecule has 0 aliphatic rings. The summed E-state index contributed by atoms with van der Waals surface area (Å²) in [6.45, 7) is 1.80. The second-order valence-electron chi connectivity index (χ2n) is 5.49. The molecule has 5 nitrogen and oxygen atoms in total. The normalized spacial score (nSPS) is 11.2. The summed E-state index contributed by atoms with van der Waals surface area (Å²) in [5.41, 5.74) is 0.105. The molecule has 26 heavy (non-hydrogen) atoms. The molecule has 0 fully saturated rings. The molecule has 0 saturated heterocycles. The Morgan fingerprint density at radius 1 is 1.08 bits per heavy atom. The first-order valence-corrected chi connectivity index (χ1v) is 7.61. The Morgan fingerprint density at radius 2 is 1.81 bits per heavy atom. The number of nitrogens with one attached hydrogen (secondary N) is 1. The zero-order valence-electron chi connectivity index (χ0n) is 13.6. The maximum atomic E-state index is 13.0. The molecule has 3 aromatic rings. The summed E-state index contributed by atoms with van der Waals surface area (Å²) in [5.74, 6) is 0.117. The number of ether oxygens (including phenoxy) is 1. The van der Waals surface area contributed by atoms with Gasteiger partial charge in [0, 0.05) is 6.07 Å². The highest BCUT2D eigenvalue weighted by molar-refractivity contribution is 5.85. The number of carbonyl (C=O) groups excluding carboxylic acids is 1. The number of aryl methyl sites for hydroxylation is 1. The van der Waals surface area contributed by atoms with Crippen LogP contribution in [0.5, 0.6) is 5.75 Å². The fourth-order valence-electron chi connectivity index (χ4n) is 2.29. The number of alkyl halides is 3. The fourth-order valence-corrected chi connectivity index (χ4v) is 2.29. The van der Waals surface area contributed by atoms with Crippen LogP contribution in [0.25, 0.3) is 5.69 Å². The lowest BCUT2D eigenvalue weighted by Gasteiger charge is -2.09. The molecule has 0 aliphatic heterocycles. The maximum absolute atomic E-state index is 13.0. The lowest BCUT2D eigenvalue weighted by molar-refractivity contribution is -0.141. The van der Waals surface area contributed by atoms with E-state index < -0.39 is 18.0 Å². The van der Waals surface area contributed by atoms with Gasteiger partial charge in [0.15, 0.2) is 5.69 Å². The second kappa shape index (κ2) is 6.91. The lowest BCUT2D eigenvalue weighted by Crippen LogP contribution is -2.19. The van der Waals surface area contributed by atoms with Crippen LogP contribution in [0.1, 0.15) is 11.3 Å². The highest BCUT2D eigenvalue weighted by Crippen LogP contribution is 2.31. The van der Waals surface area contributed by atoms with Gasteiger partial charge in [-0.25, -0.2) is 9.48 Å². The molecule has 1 heterocycles. The predicted molar refractivity (Wildman–Crippen MR) is 89.4 cm³/mol. The third kappa shape index (κ3) is 4.02. The van der Waals surface area contributed by atoms with Gasteiger partial charge in [-0.05, 0) is 36.8 Å². The number of amides is 1. The van der Waals surface area contributed by atoms with Crippen LogP contribution in [0.2, 0.25) is 0 Å². The number of benzene rings is 2. The molecule has 0 unspecified atom stereocenters. The van der Waals surface area contributed by atoms with Crippen LogP contribution in [0.4, 0.5) is 23.8 Å². The molecule has 0 aliphatic carbocycles. The zero-order chi connectivity index (χ0) is 18.7. The van der Waals surface area contributed by atoms with Gasteiger partial charge in [0.25, 0.3) is 0 Å². The Labute approximate surface area is 147 Å². The Morgan fingerprint density at radius 3 is 2.46 bits per heavy atom. The molecule has 0 radical (unpaired) electrons. The number of para-hydroxylation sites is 1. The molecular weight excluding hydrogens is 347 g/mol. The molecule has 1 aromatic heterocycles. The van der Waals surface area contributed by atoms with E-state index in [9.17, 15) is 18.0 Å². The minimum atomic E-state index is -4.64. The number of hydrogen-bond acceptors (Lipinski definition) is 3. The maximum Gasteiger partial charge on any atom is 0.435 e. The highest BCUT2D eigenvalue weighted by atomic mass is 19.4. The van der Waals surface area contributed by atoms with Gasteiger partial charge in [0.1, 0.15) is 11.6 Å². The van der Waals surface area contributed by atoms with Crippen molar-refractivity contribution in [1.82, 2.24) is 9.78 Å². The van der Waals surface area contributed by atoms with Crippen LogP contribution in [-0.4, -0.2) is 15.9 Å². The minimum Gasteiger partial charge on any atom is -0.410 e. The number of nitrogens with zero attached hydrogens (tertiary/aromatic N) is 2. The Hall–Kier alpha value is -3.29. The summed E-state index contributed by atoms with van der Waals surface area (Å²) >= 11 is 0. The van der Waals surface area contributed by atoms with E-state index in [2.05, 4.69) is 10.4 Å². The van der Waals surface area contributed by atoms with Crippen molar-refractivity contribution in [2.45, 2.75) is 13.1 Å². The molecule has 8 heteroatoms. The minimum absolute atomic E-state index is 0.149. The summed E-state index contributed by atoms with van der Waals surface area (Å²) in [5, 5.41) is 5.88. The largest absolute Gasteiger partial charge is 0.435 e. The first-order valence-electron chi connectivity index (χ1n) is 7.61. The van der Waals surface area contributed by atoms with Crippen molar-refractivity contribution in [2.75, 3.05) is 5.32 Å². The molecule has 1 amide bonds. The van der Waals surface area contributed by atoms with Gasteiger partial charge in [0.2, 0.25) is 0 Å². The summed E-state index contributed by atoms with van der Waals surface area (Å²) < 4.78 is 45.2. The van der Waals surface area contributed by atoms with Crippen molar-refractivity contribution in [3.05, 3.63) is 71.9 Å². The number of rotatable bonds is 3. The molecule has 134 valence electrons. The number of aromatic nitrogens is 2. The quantitative estimate of drug-likeness (QED) is 0.728. The SMILES string of the molecule is Cc1cccc(-n2nc(C(F)(F)F)cc2NC(=O)Oc2ccccc2)c1. The molecule has 0 saturated carbocycles. The average molecular weight is 361 g/mol. The first-order chi connectivity index (χ1) is 12.3. The van der Waals surface area contributed by atoms with Crippen molar-refractivity contribution in [3.63, 3.8) is 0 Å².